The van der Waals surface area contributed by atoms with Gasteiger partial charge in [-0.25, -0.2) is 4.57 Å². The zero-order chi connectivity index (χ0) is 47.6. The maximum Gasteiger partial charge on any atom is 0.472 e. The molecule has 0 heterocycles. The number of unbranched alkanes of at least 4 members (excludes halogenated alkanes) is 22. The maximum absolute atomic E-state index is 12.7. The normalized spacial score (nSPS) is 14.2. The second-order valence-corrected chi connectivity index (χ2v) is 18.6. The standard InChI is InChI=1S/C54H95O10P/c1-3-5-7-9-11-13-15-17-19-21-23-24-25-26-28-30-32-34-36-38-40-42-44-46-54(58)64-52(50-63-65(59,60)62-48-51(56)47-55)49-61-53(57)45-43-41-39-37-35-33-31-29-27-22-20-18-16-14-12-10-8-6-4-2/h12,14,18,20,27,29-30,32-33,35,38,40,51-52,55-56H,3-11,13,15-17,19,21-26,28,31,34,36-37,39,41-50H2,1-2H3,(H,59,60)/b14-12+,20-18+,29-27+,32-30+,35-33+,40-38+/t51-,52+/m0/s1. The molecule has 3 atom stereocenters. The van der Waals surface area contributed by atoms with E-state index >= 15 is 0 Å². The summed E-state index contributed by atoms with van der Waals surface area (Å²) in [6.07, 6.45) is 58.8. The third kappa shape index (κ3) is 49.1. The molecule has 0 aromatic rings. The number of carbonyl (C=O) groups is 2. The Kier molecular flexibility index (Phi) is 47.4. The van der Waals surface area contributed by atoms with E-state index in [-0.39, 0.29) is 19.4 Å². The molecule has 0 spiro atoms. The number of rotatable bonds is 48. The Labute approximate surface area is 397 Å². The molecule has 0 saturated heterocycles. The van der Waals surface area contributed by atoms with E-state index in [0.717, 1.165) is 57.8 Å². The number of hydrogen-bond acceptors (Lipinski definition) is 9. The SMILES string of the molecule is CCCCC/C=C/C/C=C/C/C=C/C/C=C/CCCCCC(=O)OC[C@H](COP(=O)(O)OC[C@@H](O)CO)OC(=O)CCC/C=C/CC/C=C/CCCCCCCCCCCCCCCC. The summed E-state index contributed by atoms with van der Waals surface area (Å²) < 4.78 is 32.8. The molecule has 0 fully saturated rings. The molecule has 11 heteroatoms. The van der Waals surface area contributed by atoms with Crippen molar-refractivity contribution in [2.24, 2.45) is 0 Å². The van der Waals surface area contributed by atoms with Crippen LogP contribution in [-0.4, -0.2) is 65.7 Å². The van der Waals surface area contributed by atoms with Crippen LogP contribution in [0.2, 0.25) is 0 Å². The number of phosphoric ester groups is 1. The number of hydrogen-bond donors (Lipinski definition) is 3. The lowest BCUT2D eigenvalue weighted by atomic mass is 10.0. The van der Waals surface area contributed by atoms with Gasteiger partial charge in [-0.05, 0) is 89.9 Å². The highest BCUT2D eigenvalue weighted by molar-refractivity contribution is 7.47. The number of esters is 2. The minimum Gasteiger partial charge on any atom is -0.462 e. The van der Waals surface area contributed by atoms with E-state index in [0.29, 0.717) is 19.3 Å². The predicted molar refractivity (Wildman–Crippen MR) is 270 cm³/mol. The number of aliphatic hydroxyl groups excluding tert-OH is 2. The van der Waals surface area contributed by atoms with E-state index in [4.69, 9.17) is 23.6 Å². The second-order valence-electron chi connectivity index (χ2n) is 17.2. The molecule has 0 amide bonds. The van der Waals surface area contributed by atoms with Gasteiger partial charge in [-0.15, -0.1) is 0 Å². The quantitative estimate of drug-likeness (QED) is 0.0233. The van der Waals surface area contributed by atoms with Crippen molar-refractivity contribution < 1.29 is 47.8 Å². The van der Waals surface area contributed by atoms with Crippen molar-refractivity contribution in [2.45, 2.75) is 232 Å². The first-order chi connectivity index (χ1) is 31.7. The molecule has 0 aromatic carbocycles. The molecule has 0 rings (SSSR count). The van der Waals surface area contributed by atoms with Gasteiger partial charge in [-0.1, -0.05) is 189 Å². The Bertz CT molecular complexity index is 1310. The van der Waals surface area contributed by atoms with Gasteiger partial charge in [0.2, 0.25) is 0 Å². The van der Waals surface area contributed by atoms with Crippen LogP contribution in [0.1, 0.15) is 219 Å². The summed E-state index contributed by atoms with van der Waals surface area (Å²) in [6, 6.07) is 0. The second kappa shape index (κ2) is 49.3. The van der Waals surface area contributed by atoms with Gasteiger partial charge < -0.3 is 24.6 Å². The molecule has 0 radical (unpaired) electrons. The Balaban J connectivity index is 4.30. The molecule has 0 aromatic heterocycles. The summed E-state index contributed by atoms with van der Waals surface area (Å²) in [6.45, 7) is 2.29. The van der Waals surface area contributed by atoms with Crippen LogP contribution in [0.25, 0.3) is 0 Å². The number of carbonyl (C=O) groups excluding carboxylic acids is 2. The lowest BCUT2D eigenvalue weighted by Gasteiger charge is -2.20. The van der Waals surface area contributed by atoms with Crippen LogP contribution < -0.4 is 0 Å². The van der Waals surface area contributed by atoms with Gasteiger partial charge in [-0.3, -0.25) is 18.6 Å². The van der Waals surface area contributed by atoms with E-state index in [1.807, 2.05) is 0 Å². The van der Waals surface area contributed by atoms with Gasteiger partial charge in [0, 0.05) is 12.8 Å². The minimum absolute atomic E-state index is 0.114. The fraction of sp³-hybridized carbons (Fsp3) is 0.741. The number of aliphatic hydroxyl groups is 2. The molecular formula is C54H95O10P. The zero-order valence-electron chi connectivity index (χ0n) is 41.2. The van der Waals surface area contributed by atoms with E-state index in [9.17, 15) is 24.2 Å². The summed E-state index contributed by atoms with van der Waals surface area (Å²) >= 11 is 0. The van der Waals surface area contributed by atoms with Gasteiger partial charge in [0.25, 0.3) is 0 Å². The van der Waals surface area contributed by atoms with Gasteiger partial charge >= 0.3 is 19.8 Å². The van der Waals surface area contributed by atoms with Crippen LogP contribution in [0.3, 0.4) is 0 Å². The summed E-state index contributed by atoms with van der Waals surface area (Å²) in [5, 5.41) is 18.4. The Hall–Kier alpha value is -2.59. The molecule has 0 aliphatic carbocycles. The predicted octanol–water partition coefficient (Wildman–Crippen LogP) is 14.8. The Morgan fingerprint density at radius 3 is 1.34 bits per heavy atom. The van der Waals surface area contributed by atoms with Gasteiger partial charge in [-0.2, -0.15) is 0 Å². The van der Waals surface area contributed by atoms with Crippen molar-refractivity contribution in [1.29, 1.82) is 0 Å². The molecule has 0 aliphatic heterocycles. The van der Waals surface area contributed by atoms with Crippen molar-refractivity contribution in [3.8, 4) is 0 Å². The molecule has 65 heavy (non-hydrogen) atoms. The van der Waals surface area contributed by atoms with E-state index in [1.165, 1.54) is 116 Å². The number of ether oxygens (including phenoxy) is 2. The average Bonchev–Trinajstić information content (AvgIpc) is 3.30. The highest BCUT2D eigenvalue weighted by Gasteiger charge is 2.27. The molecule has 1 unspecified atom stereocenters. The van der Waals surface area contributed by atoms with Gasteiger partial charge in [0.15, 0.2) is 6.10 Å². The van der Waals surface area contributed by atoms with Gasteiger partial charge in [0.05, 0.1) is 19.8 Å². The molecule has 0 aliphatic rings. The van der Waals surface area contributed by atoms with Crippen molar-refractivity contribution in [3.05, 3.63) is 72.9 Å². The van der Waals surface area contributed by atoms with Crippen LogP contribution in [0.15, 0.2) is 72.9 Å². The first-order valence-corrected chi connectivity index (χ1v) is 27.4. The van der Waals surface area contributed by atoms with Crippen LogP contribution in [0, 0.1) is 0 Å². The lowest BCUT2D eigenvalue weighted by Crippen LogP contribution is -2.29. The van der Waals surface area contributed by atoms with E-state index in [2.05, 4.69) is 86.8 Å². The third-order valence-corrected chi connectivity index (χ3v) is 11.8. The average molecular weight is 935 g/mol. The molecule has 0 saturated carbocycles. The van der Waals surface area contributed by atoms with Crippen molar-refractivity contribution in [2.75, 3.05) is 26.4 Å². The zero-order valence-corrected chi connectivity index (χ0v) is 42.1. The summed E-state index contributed by atoms with van der Waals surface area (Å²) in [7, 11) is -4.65. The summed E-state index contributed by atoms with van der Waals surface area (Å²) in [5.74, 6) is -1.01. The fourth-order valence-corrected chi connectivity index (χ4v) is 7.61. The van der Waals surface area contributed by atoms with Gasteiger partial charge in [0.1, 0.15) is 12.7 Å². The van der Waals surface area contributed by atoms with Crippen LogP contribution in [0.4, 0.5) is 0 Å². The molecular weight excluding hydrogens is 840 g/mol. The first kappa shape index (κ1) is 62.4. The Morgan fingerprint density at radius 1 is 0.462 bits per heavy atom. The van der Waals surface area contributed by atoms with Crippen molar-refractivity contribution >= 4 is 19.8 Å². The fourth-order valence-electron chi connectivity index (χ4n) is 6.82. The number of allylic oxidation sites excluding steroid dienone is 12. The molecule has 3 N–H and O–H groups in total. The maximum atomic E-state index is 12.7. The van der Waals surface area contributed by atoms with E-state index in [1.54, 1.807) is 0 Å². The molecule has 376 valence electrons. The largest absolute Gasteiger partial charge is 0.472 e. The van der Waals surface area contributed by atoms with Crippen LogP contribution in [0.5, 0.6) is 0 Å². The highest BCUT2D eigenvalue weighted by atomic mass is 31.2. The monoisotopic (exact) mass is 935 g/mol. The smallest absolute Gasteiger partial charge is 0.462 e. The topological polar surface area (TPSA) is 149 Å². The Morgan fingerprint density at radius 2 is 0.831 bits per heavy atom. The number of phosphoric acid groups is 1. The molecule has 10 nitrogen and oxygen atoms in total. The summed E-state index contributed by atoms with van der Waals surface area (Å²) in [5.41, 5.74) is 0. The van der Waals surface area contributed by atoms with Crippen molar-refractivity contribution in [1.82, 2.24) is 0 Å². The van der Waals surface area contributed by atoms with Crippen LogP contribution >= 0.6 is 7.82 Å². The summed E-state index contributed by atoms with van der Waals surface area (Å²) in [4.78, 5) is 35.1. The first-order valence-electron chi connectivity index (χ1n) is 25.9. The van der Waals surface area contributed by atoms with Crippen LogP contribution in [-0.2, 0) is 32.7 Å². The van der Waals surface area contributed by atoms with E-state index < -0.39 is 51.8 Å². The lowest BCUT2D eigenvalue weighted by molar-refractivity contribution is -0.161. The van der Waals surface area contributed by atoms with Crippen molar-refractivity contribution in [3.63, 3.8) is 0 Å². The molecule has 0 bridgehead atoms. The third-order valence-electron chi connectivity index (χ3n) is 10.8. The highest BCUT2D eigenvalue weighted by Crippen LogP contribution is 2.43. The minimum atomic E-state index is -4.65.